The Morgan fingerprint density at radius 2 is 1.93 bits per heavy atom. The van der Waals surface area contributed by atoms with Gasteiger partial charge in [0, 0.05) is 5.56 Å². The highest BCUT2D eigenvalue weighted by molar-refractivity contribution is 6.99. The average Bonchev–Trinajstić information content (AvgIpc) is 2.68. The zero-order chi connectivity index (χ0) is 9.80. The summed E-state index contributed by atoms with van der Waals surface area (Å²) in [7, 11) is 0. The molecule has 14 heavy (non-hydrogen) atoms. The van der Waals surface area contributed by atoms with Crippen LogP contribution >= 0.6 is 11.7 Å². The van der Waals surface area contributed by atoms with Crippen LogP contribution in [-0.4, -0.2) is 8.75 Å². The van der Waals surface area contributed by atoms with Crippen LogP contribution in [0.5, 0.6) is 0 Å². The van der Waals surface area contributed by atoms with E-state index in [9.17, 15) is 0 Å². The first-order valence-corrected chi connectivity index (χ1v) is 5.51. The van der Waals surface area contributed by atoms with Crippen molar-refractivity contribution in [3.8, 4) is 11.3 Å². The van der Waals surface area contributed by atoms with Crippen LogP contribution in [-0.2, 0) is 6.42 Å². The molecule has 0 atom stereocenters. The lowest BCUT2D eigenvalue weighted by atomic mass is 10.1. The molecule has 2 rings (SSSR count). The van der Waals surface area contributed by atoms with Gasteiger partial charge in [-0.1, -0.05) is 43.7 Å². The molecule has 0 N–H and O–H groups in total. The third-order valence-electron chi connectivity index (χ3n) is 2.09. The highest BCUT2D eigenvalue weighted by Crippen LogP contribution is 2.22. The van der Waals surface area contributed by atoms with Gasteiger partial charge >= 0.3 is 0 Å². The molecular weight excluding hydrogens is 192 g/mol. The second-order valence-electron chi connectivity index (χ2n) is 3.18. The van der Waals surface area contributed by atoms with Crippen molar-refractivity contribution in [2.24, 2.45) is 0 Å². The van der Waals surface area contributed by atoms with Crippen LogP contribution in [0.25, 0.3) is 11.3 Å². The average molecular weight is 204 g/mol. The highest BCUT2D eigenvalue weighted by Gasteiger charge is 2.08. The lowest BCUT2D eigenvalue weighted by molar-refractivity contribution is 0.900. The molecule has 0 saturated carbocycles. The van der Waals surface area contributed by atoms with E-state index < -0.39 is 0 Å². The van der Waals surface area contributed by atoms with Gasteiger partial charge in [0.1, 0.15) is 5.69 Å². The second-order valence-corrected chi connectivity index (χ2v) is 3.70. The molecule has 0 fully saturated rings. The van der Waals surface area contributed by atoms with Crippen LogP contribution in [0.4, 0.5) is 0 Å². The molecule has 0 radical (unpaired) electrons. The molecule has 0 spiro atoms. The van der Waals surface area contributed by atoms with E-state index in [1.807, 2.05) is 18.2 Å². The molecule has 0 aliphatic carbocycles. The maximum atomic E-state index is 4.34. The summed E-state index contributed by atoms with van der Waals surface area (Å²) in [5, 5.41) is 0. The van der Waals surface area contributed by atoms with Crippen molar-refractivity contribution >= 4 is 11.7 Å². The molecule has 72 valence electrons. The van der Waals surface area contributed by atoms with Crippen molar-refractivity contribution in [3.63, 3.8) is 0 Å². The zero-order valence-corrected chi connectivity index (χ0v) is 8.92. The molecule has 2 aromatic rings. The third kappa shape index (κ3) is 1.82. The molecule has 0 aliphatic heterocycles. The van der Waals surface area contributed by atoms with E-state index in [0.717, 1.165) is 24.2 Å². The maximum Gasteiger partial charge on any atom is 0.107 e. The van der Waals surface area contributed by atoms with Gasteiger partial charge in [-0.3, -0.25) is 0 Å². The van der Waals surface area contributed by atoms with Gasteiger partial charge in [0.2, 0.25) is 0 Å². The summed E-state index contributed by atoms with van der Waals surface area (Å²) in [6.07, 6.45) is 2.13. The molecule has 0 saturated heterocycles. The van der Waals surface area contributed by atoms with Gasteiger partial charge in [-0.15, -0.1) is 0 Å². The predicted octanol–water partition coefficient (Wildman–Crippen LogP) is 3.16. The van der Waals surface area contributed by atoms with E-state index in [-0.39, 0.29) is 0 Å². The van der Waals surface area contributed by atoms with Crippen molar-refractivity contribution in [1.29, 1.82) is 0 Å². The Morgan fingerprint density at radius 3 is 2.64 bits per heavy atom. The molecule has 0 aliphatic rings. The minimum atomic E-state index is 1.01. The summed E-state index contributed by atoms with van der Waals surface area (Å²) in [5.41, 5.74) is 3.35. The zero-order valence-electron chi connectivity index (χ0n) is 8.10. The fourth-order valence-electron chi connectivity index (χ4n) is 1.42. The lowest BCUT2D eigenvalue weighted by Gasteiger charge is -1.98. The van der Waals surface area contributed by atoms with Crippen LogP contribution in [0, 0.1) is 0 Å². The number of benzene rings is 1. The van der Waals surface area contributed by atoms with Crippen molar-refractivity contribution in [2.45, 2.75) is 19.8 Å². The molecule has 1 aromatic heterocycles. The smallest absolute Gasteiger partial charge is 0.107 e. The molecule has 1 heterocycles. The Balaban J connectivity index is 2.37. The number of rotatable bonds is 3. The Morgan fingerprint density at radius 1 is 1.14 bits per heavy atom. The summed E-state index contributed by atoms with van der Waals surface area (Å²) in [4.78, 5) is 0. The summed E-state index contributed by atoms with van der Waals surface area (Å²) in [6, 6.07) is 10.2. The molecule has 3 heteroatoms. The number of aromatic nitrogens is 2. The summed E-state index contributed by atoms with van der Waals surface area (Å²) >= 11 is 1.30. The first kappa shape index (κ1) is 9.34. The van der Waals surface area contributed by atoms with Crippen LogP contribution < -0.4 is 0 Å². The monoisotopic (exact) mass is 204 g/mol. The quantitative estimate of drug-likeness (QED) is 0.767. The first-order chi connectivity index (χ1) is 6.92. The molecular formula is C11H12N2S. The topological polar surface area (TPSA) is 25.8 Å². The van der Waals surface area contributed by atoms with Gasteiger partial charge in [0.15, 0.2) is 0 Å². The van der Waals surface area contributed by atoms with Gasteiger partial charge < -0.3 is 0 Å². The second kappa shape index (κ2) is 4.33. The fraction of sp³-hybridized carbons (Fsp3) is 0.273. The van der Waals surface area contributed by atoms with Gasteiger partial charge in [-0.05, 0) is 6.42 Å². The summed E-state index contributed by atoms with van der Waals surface area (Å²) in [6.45, 7) is 2.16. The maximum absolute atomic E-state index is 4.34. The SMILES string of the molecule is CCCc1nsnc1-c1ccccc1. The Kier molecular flexibility index (Phi) is 2.89. The van der Waals surface area contributed by atoms with Gasteiger partial charge in [0.25, 0.3) is 0 Å². The van der Waals surface area contributed by atoms with Crippen molar-refractivity contribution in [3.05, 3.63) is 36.0 Å². The molecule has 2 nitrogen and oxygen atoms in total. The van der Waals surface area contributed by atoms with Crippen molar-refractivity contribution < 1.29 is 0 Å². The Labute approximate surface area is 87.9 Å². The standard InChI is InChI=1S/C11H12N2S/c1-2-6-10-11(13-14-12-10)9-7-4-3-5-8-9/h3-5,7-8H,2,6H2,1H3. The lowest BCUT2D eigenvalue weighted by Crippen LogP contribution is -1.87. The van der Waals surface area contributed by atoms with E-state index in [4.69, 9.17) is 0 Å². The summed E-state index contributed by atoms with van der Waals surface area (Å²) < 4.78 is 8.65. The Bertz CT molecular complexity index is 395. The van der Waals surface area contributed by atoms with Gasteiger partial charge in [-0.2, -0.15) is 8.75 Å². The largest absolute Gasteiger partial charge is 0.177 e. The van der Waals surface area contributed by atoms with E-state index in [1.54, 1.807) is 0 Å². The van der Waals surface area contributed by atoms with E-state index in [1.165, 1.54) is 17.3 Å². The molecule has 0 amide bonds. The van der Waals surface area contributed by atoms with Crippen LogP contribution in [0.15, 0.2) is 30.3 Å². The van der Waals surface area contributed by atoms with E-state index in [2.05, 4.69) is 27.8 Å². The van der Waals surface area contributed by atoms with E-state index in [0.29, 0.717) is 0 Å². The number of hydrogen-bond donors (Lipinski definition) is 0. The number of nitrogens with zero attached hydrogens (tertiary/aromatic N) is 2. The van der Waals surface area contributed by atoms with Gasteiger partial charge in [-0.25, -0.2) is 0 Å². The van der Waals surface area contributed by atoms with Crippen LogP contribution in [0.1, 0.15) is 19.0 Å². The predicted molar refractivity (Wildman–Crippen MR) is 59.3 cm³/mol. The first-order valence-electron chi connectivity index (χ1n) is 4.78. The summed E-state index contributed by atoms with van der Waals surface area (Å²) in [5.74, 6) is 0. The third-order valence-corrected chi connectivity index (χ3v) is 2.66. The highest BCUT2D eigenvalue weighted by atomic mass is 32.1. The van der Waals surface area contributed by atoms with Gasteiger partial charge in [0.05, 0.1) is 17.4 Å². The normalized spacial score (nSPS) is 10.4. The number of hydrogen-bond acceptors (Lipinski definition) is 3. The Hall–Kier alpha value is -1.22. The van der Waals surface area contributed by atoms with Crippen LogP contribution in [0.2, 0.25) is 0 Å². The molecule has 0 bridgehead atoms. The number of aryl methyl sites for hydroxylation is 1. The van der Waals surface area contributed by atoms with Crippen LogP contribution in [0.3, 0.4) is 0 Å². The van der Waals surface area contributed by atoms with Crippen molar-refractivity contribution in [2.75, 3.05) is 0 Å². The van der Waals surface area contributed by atoms with Crippen molar-refractivity contribution in [1.82, 2.24) is 8.75 Å². The molecule has 0 unspecified atom stereocenters. The molecule has 1 aromatic carbocycles. The van der Waals surface area contributed by atoms with E-state index >= 15 is 0 Å². The minimum Gasteiger partial charge on any atom is -0.177 e. The minimum absolute atomic E-state index is 1.01. The fourth-order valence-corrected chi connectivity index (χ4v) is 2.03.